The van der Waals surface area contributed by atoms with E-state index in [1.165, 1.54) is 0 Å². The van der Waals surface area contributed by atoms with Crippen molar-refractivity contribution in [1.29, 1.82) is 0 Å². The first-order valence-corrected chi connectivity index (χ1v) is 6.82. The van der Waals surface area contributed by atoms with Crippen LogP contribution in [-0.4, -0.2) is 19.5 Å². The van der Waals surface area contributed by atoms with Gasteiger partial charge in [-0.2, -0.15) is 0 Å². The molecule has 1 aromatic rings. The maximum atomic E-state index is 11.1. The molecule has 0 saturated heterocycles. The molecule has 0 bridgehead atoms. The number of hydrogen-bond donors (Lipinski definition) is 1. The van der Waals surface area contributed by atoms with Gasteiger partial charge in [-0.15, -0.1) is 0 Å². The van der Waals surface area contributed by atoms with Crippen molar-refractivity contribution < 1.29 is 14.3 Å². The minimum atomic E-state index is -0.356. The Morgan fingerprint density at radius 1 is 1.28 bits per heavy atom. The van der Waals surface area contributed by atoms with Crippen LogP contribution in [-0.2, 0) is 5.54 Å². The summed E-state index contributed by atoms with van der Waals surface area (Å²) in [6.45, 7) is 0.956. The third-order valence-electron chi connectivity index (χ3n) is 3.66. The molecule has 1 aromatic carbocycles. The van der Waals surface area contributed by atoms with Crippen LogP contribution < -0.4 is 15.2 Å². The lowest BCUT2D eigenvalue weighted by atomic mass is 9.72. The first-order valence-electron chi connectivity index (χ1n) is 6.02. The van der Waals surface area contributed by atoms with Crippen molar-refractivity contribution in [3.05, 3.63) is 21.7 Å². The first kappa shape index (κ1) is 12.0. The molecular formula is C13H14BrNO3. The van der Waals surface area contributed by atoms with E-state index in [1.807, 2.05) is 0 Å². The van der Waals surface area contributed by atoms with Gasteiger partial charge in [0.05, 0.1) is 5.56 Å². The third-order valence-corrected chi connectivity index (χ3v) is 4.29. The van der Waals surface area contributed by atoms with Crippen molar-refractivity contribution in [2.45, 2.75) is 24.8 Å². The number of halogens is 1. The van der Waals surface area contributed by atoms with Gasteiger partial charge in [0.15, 0.2) is 17.8 Å². The summed E-state index contributed by atoms with van der Waals surface area (Å²) in [5, 5.41) is 0. The Morgan fingerprint density at radius 2 is 1.94 bits per heavy atom. The highest BCUT2D eigenvalue weighted by atomic mass is 79.9. The molecule has 0 radical (unpaired) electrons. The number of aldehydes is 1. The molecule has 5 heteroatoms. The van der Waals surface area contributed by atoms with E-state index >= 15 is 0 Å². The fourth-order valence-electron chi connectivity index (χ4n) is 2.56. The largest absolute Gasteiger partial charge is 0.486 e. The van der Waals surface area contributed by atoms with E-state index in [1.54, 1.807) is 6.07 Å². The number of hydrogen-bond acceptors (Lipinski definition) is 4. The Kier molecular flexibility index (Phi) is 2.83. The smallest absolute Gasteiger partial charge is 0.172 e. The van der Waals surface area contributed by atoms with Gasteiger partial charge < -0.3 is 15.2 Å². The molecule has 2 N–H and O–H groups in total. The van der Waals surface area contributed by atoms with Crippen molar-refractivity contribution in [2.75, 3.05) is 13.2 Å². The Morgan fingerprint density at radius 3 is 2.50 bits per heavy atom. The SMILES string of the molecule is NC1(c2c(Br)cc(C=O)c3c2OCCO3)CCC1. The van der Waals surface area contributed by atoms with Crippen molar-refractivity contribution >= 4 is 22.2 Å². The van der Waals surface area contributed by atoms with Crippen LogP contribution in [0.4, 0.5) is 0 Å². The van der Waals surface area contributed by atoms with Crippen molar-refractivity contribution in [1.82, 2.24) is 0 Å². The summed E-state index contributed by atoms with van der Waals surface area (Å²) < 4.78 is 12.1. The molecule has 1 fully saturated rings. The van der Waals surface area contributed by atoms with Gasteiger partial charge in [0.1, 0.15) is 13.2 Å². The van der Waals surface area contributed by atoms with Gasteiger partial charge in [0.2, 0.25) is 0 Å². The molecule has 1 aliphatic heterocycles. The van der Waals surface area contributed by atoms with Crippen molar-refractivity contribution in [3.8, 4) is 11.5 Å². The topological polar surface area (TPSA) is 61.6 Å². The average Bonchev–Trinajstić information content (AvgIpc) is 2.35. The predicted molar refractivity (Wildman–Crippen MR) is 70.2 cm³/mol. The van der Waals surface area contributed by atoms with E-state index in [-0.39, 0.29) is 5.54 Å². The lowest BCUT2D eigenvalue weighted by Gasteiger charge is -2.41. The molecule has 96 valence electrons. The summed E-state index contributed by atoms with van der Waals surface area (Å²) in [4.78, 5) is 11.1. The molecule has 1 aliphatic carbocycles. The second-order valence-electron chi connectivity index (χ2n) is 4.81. The van der Waals surface area contributed by atoms with E-state index in [4.69, 9.17) is 15.2 Å². The Hall–Kier alpha value is -1.07. The van der Waals surface area contributed by atoms with E-state index < -0.39 is 0 Å². The van der Waals surface area contributed by atoms with Crippen LogP contribution in [0.5, 0.6) is 11.5 Å². The number of fused-ring (bicyclic) bond motifs is 1. The van der Waals surface area contributed by atoms with E-state index in [9.17, 15) is 4.79 Å². The minimum Gasteiger partial charge on any atom is -0.486 e. The standard InChI is InChI=1S/C13H14BrNO3/c14-9-6-8(7-16)11-12(18-5-4-17-11)10(9)13(15)2-1-3-13/h6-7H,1-5,15H2. The van der Waals surface area contributed by atoms with Gasteiger partial charge in [-0.1, -0.05) is 15.9 Å². The van der Waals surface area contributed by atoms with Crippen LogP contribution in [0.1, 0.15) is 35.2 Å². The molecule has 0 unspecified atom stereocenters. The Labute approximate surface area is 114 Å². The summed E-state index contributed by atoms with van der Waals surface area (Å²) in [5.41, 5.74) is 7.47. The third kappa shape index (κ3) is 1.65. The molecule has 4 nitrogen and oxygen atoms in total. The fraction of sp³-hybridized carbons (Fsp3) is 0.462. The summed E-state index contributed by atoms with van der Waals surface area (Å²) in [6.07, 6.45) is 3.77. The highest BCUT2D eigenvalue weighted by molar-refractivity contribution is 9.10. The zero-order valence-electron chi connectivity index (χ0n) is 9.87. The van der Waals surface area contributed by atoms with Crippen molar-refractivity contribution in [2.24, 2.45) is 5.73 Å². The average molecular weight is 312 g/mol. The second-order valence-corrected chi connectivity index (χ2v) is 5.66. The maximum absolute atomic E-state index is 11.1. The monoisotopic (exact) mass is 311 g/mol. The number of carbonyl (C=O) groups excluding carboxylic acids is 1. The first-order chi connectivity index (χ1) is 8.65. The molecule has 3 rings (SSSR count). The van der Waals surface area contributed by atoms with E-state index in [0.717, 1.165) is 35.6 Å². The highest BCUT2D eigenvalue weighted by Crippen LogP contribution is 2.51. The van der Waals surface area contributed by atoms with Gasteiger partial charge in [-0.05, 0) is 25.3 Å². The highest BCUT2D eigenvalue weighted by Gasteiger charge is 2.40. The quantitative estimate of drug-likeness (QED) is 0.852. The zero-order chi connectivity index (χ0) is 12.8. The Balaban J connectivity index is 2.21. The number of rotatable bonds is 2. The van der Waals surface area contributed by atoms with Crippen LogP contribution >= 0.6 is 15.9 Å². The molecule has 1 heterocycles. The molecule has 0 amide bonds. The molecule has 0 atom stereocenters. The Bertz CT molecular complexity index is 511. The molecule has 2 aliphatic rings. The summed E-state index contributed by atoms with van der Waals surface area (Å²) in [7, 11) is 0. The lowest BCUT2D eigenvalue weighted by Crippen LogP contribution is -2.44. The minimum absolute atomic E-state index is 0.356. The molecular weight excluding hydrogens is 298 g/mol. The van der Waals surface area contributed by atoms with Gasteiger partial charge in [0.25, 0.3) is 0 Å². The van der Waals surface area contributed by atoms with Gasteiger partial charge >= 0.3 is 0 Å². The maximum Gasteiger partial charge on any atom is 0.172 e. The summed E-state index contributed by atoms with van der Waals surface area (Å²) in [6, 6.07) is 1.77. The van der Waals surface area contributed by atoms with Crippen LogP contribution in [0.15, 0.2) is 10.5 Å². The van der Waals surface area contributed by atoms with Crippen LogP contribution in [0.3, 0.4) is 0 Å². The van der Waals surface area contributed by atoms with Gasteiger partial charge in [-0.25, -0.2) is 0 Å². The van der Waals surface area contributed by atoms with Gasteiger partial charge in [-0.3, -0.25) is 4.79 Å². The number of nitrogens with two attached hydrogens (primary N) is 1. The van der Waals surface area contributed by atoms with Gasteiger partial charge in [0, 0.05) is 15.6 Å². The van der Waals surface area contributed by atoms with E-state index in [2.05, 4.69) is 15.9 Å². The molecule has 0 aromatic heterocycles. The zero-order valence-corrected chi connectivity index (χ0v) is 11.5. The molecule has 18 heavy (non-hydrogen) atoms. The predicted octanol–water partition coefficient (Wildman–Crippen LogP) is 2.37. The second kappa shape index (κ2) is 4.24. The van der Waals surface area contributed by atoms with Crippen molar-refractivity contribution in [3.63, 3.8) is 0 Å². The van der Waals surface area contributed by atoms with Crippen LogP contribution in [0, 0.1) is 0 Å². The molecule has 0 spiro atoms. The number of carbonyl (C=O) groups is 1. The summed E-state index contributed by atoms with van der Waals surface area (Å²) >= 11 is 3.50. The lowest BCUT2D eigenvalue weighted by molar-refractivity contribution is 0.110. The molecule has 1 saturated carbocycles. The van der Waals surface area contributed by atoms with Crippen LogP contribution in [0.25, 0.3) is 0 Å². The number of ether oxygens (including phenoxy) is 2. The number of benzene rings is 1. The normalized spacial score (nSPS) is 20.1. The fourth-order valence-corrected chi connectivity index (χ4v) is 3.38. The van der Waals surface area contributed by atoms with E-state index in [0.29, 0.717) is 30.3 Å². The summed E-state index contributed by atoms with van der Waals surface area (Å²) in [5.74, 6) is 1.17. The van der Waals surface area contributed by atoms with Crippen LogP contribution in [0.2, 0.25) is 0 Å².